The molecule has 16 heavy (non-hydrogen) atoms. The summed E-state index contributed by atoms with van der Waals surface area (Å²) in [6.45, 7) is 4.83. The minimum absolute atomic E-state index is 0.0753. The lowest BCUT2D eigenvalue weighted by Crippen LogP contribution is -2.36. The van der Waals surface area contributed by atoms with Gasteiger partial charge in [0.25, 0.3) is 0 Å². The number of rotatable bonds is 6. The Kier molecular flexibility index (Phi) is 5.55. The fourth-order valence-corrected chi connectivity index (χ4v) is 1.51. The summed E-state index contributed by atoms with van der Waals surface area (Å²) in [6.07, 6.45) is 3.65. The molecule has 1 saturated heterocycles. The highest BCUT2D eigenvalue weighted by Gasteiger charge is 2.30. The van der Waals surface area contributed by atoms with Crippen molar-refractivity contribution in [3.63, 3.8) is 0 Å². The van der Waals surface area contributed by atoms with Gasteiger partial charge in [-0.25, -0.2) is 9.78 Å². The molecule has 1 aliphatic rings. The zero-order chi connectivity index (χ0) is 11.9. The first-order valence-electron chi connectivity index (χ1n) is 5.65. The average molecular weight is 229 g/mol. The van der Waals surface area contributed by atoms with E-state index in [4.69, 9.17) is 20.0 Å². The predicted molar refractivity (Wildman–Crippen MR) is 58.5 cm³/mol. The first kappa shape index (κ1) is 13.3. The zero-order valence-corrected chi connectivity index (χ0v) is 9.89. The van der Waals surface area contributed by atoms with Crippen LogP contribution in [0.5, 0.6) is 0 Å². The number of azide groups is 1. The third-order valence-electron chi connectivity index (χ3n) is 2.54. The molecule has 0 radical (unpaired) electrons. The van der Waals surface area contributed by atoms with E-state index in [9.17, 15) is 0 Å². The molecule has 2 atom stereocenters. The SMILES string of the molecule is CC(CCOOC1(C)CCCCO1)N=[N+]=[N-]. The molecule has 0 N–H and O–H groups in total. The number of hydrogen-bond acceptors (Lipinski definition) is 4. The molecule has 0 saturated carbocycles. The van der Waals surface area contributed by atoms with Gasteiger partial charge in [0.2, 0.25) is 0 Å². The molecule has 0 aromatic heterocycles. The van der Waals surface area contributed by atoms with Crippen LogP contribution >= 0.6 is 0 Å². The molecule has 6 nitrogen and oxygen atoms in total. The molecule has 0 amide bonds. The minimum Gasteiger partial charge on any atom is -0.348 e. The minimum atomic E-state index is -0.611. The Morgan fingerprint density at radius 1 is 1.56 bits per heavy atom. The third-order valence-corrected chi connectivity index (χ3v) is 2.54. The molecule has 1 aliphatic heterocycles. The second-order valence-corrected chi connectivity index (χ2v) is 4.19. The topological polar surface area (TPSA) is 76.5 Å². The van der Waals surface area contributed by atoms with E-state index in [-0.39, 0.29) is 6.04 Å². The zero-order valence-electron chi connectivity index (χ0n) is 9.89. The van der Waals surface area contributed by atoms with E-state index >= 15 is 0 Å². The van der Waals surface area contributed by atoms with E-state index in [1.54, 1.807) is 0 Å². The highest BCUT2D eigenvalue weighted by Crippen LogP contribution is 2.25. The van der Waals surface area contributed by atoms with Gasteiger partial charge >= 0.3 is 0 Å². The van der Waals surface area contributed by atoms with Gasteiger partial charge in [0.1, 0.15) is 0 Å². The quantitative estimate of drug-likeness (QED) is 0.175. The van der Waals surface area contributed by atoms with Gasteiger partial charge in [-0.15, -0.1) is 0 Å². The van der Waals surface area contributed by atoms with E-state index in [1.165, 1.54) is 0 Å². The molecule has 0 aromatic rings. The molecular formula is C10H19N3O3. The lowest BCUT2D eigenvalue weighted by atomic mass is 10.1. The van der Waals surface area contributed by atoms with Crippen molar-refractivity contribution in [3.8, 4) is 0 Å². The molecule has 92 valence electrons. The standard InChI is InChI=1S/C10H19N3O3/c1-9(12-13-11)5-8-15-16-10(2)6-3-4-7-14-10/h9H,3-8H2,1-2H3. The van der Waals surface area contributed by atoms with Crippen LogP contribution in [-0.4, -0.2) is 25.0 Å². The Morgan fingerprint density at radius 3 is 3.00 bits per heavy atom. The van der Waals surface area contributed by atoms with Crippen molar-refractivity contribution in [2.24, 2.45) is 5.11 Å². The summed E-state index contributed by atoms with van der Waals surface area (Å²) in [6, 6.07) is -0.0753. The van der Waals surface area contributed by atoms with Crippen molar-refractivity contribution >= 4 is 0 Å². The van der Waals surface area contributed by atoms with Gasteiger partial charge in [-0.3, -0.25) is 0 Å². The van der Waals surface area contributed by atoms with E-state index in [0.717, 1.165) is 25.9 Å². The number of nitrogens with zero attached hydrogens (tertiary/aromatic N) is 3. The first-order chi connectivity index (χ1) is 7.66. The van der Waals surface area contributed by atoms with Gasteiger partial charge in [-0.2, -0.15) is 0 Å². The van der Waals surface area contributed by atoms with Crippen molar-refractivity contribution in [3.05, 3.63) is 10.4 Å². The van der Waals surface area contributed by atoms with Gasteiger partial charge in [-0.05, 0) is 31.7 Å². The van der Waals surface area contributed by atoms with Gasteiger partial charge < -0.3 is 4.74 Å². The van der Waals surface area contributed by atoms with Gasteiger partial charge in [0.15, 0.2) is 5.79 Å². The van der Waals surface area contributed by atoms with Crippen LogP contribution in [-0.2, 0) is 14.5 Å². The van der Waals surface area contributed by atoms with Crippen LogP contribution in [0.4, 0.5) is 0 Å². The second-order valence-electron chi connectivity index (χ2n) is 4.19. The molecular weight excluding hydrogens is 210 g/mol. The monoisotopic (exact) mass is 229 g/mol. The summed E-state index contributed by atoms with van der Waals surface area (Å²) >= 11 is 0. The lowest BCUT2D eigenvalue weighted by Gasteiger charge is -2.31. The van der Waals surface area contributed by atoms with Crippen LogP contribution in [0.2, 0.25) is 0 Å². The van der Waals surface area contributed by atoms with Crippen molar-refractivity contribution in [2.45, 2.75) is 51.4 Å². The Labute approximate surface area is 95.4 Å². The Morgan fingerprint density at radius 2 is 2.38 bits per heavy atom. The highest BCUT2D eigenvalue weighted by molar-refractivity contribution is 4.66. The molecule has 1 fully saturated rings. The van der Waals surface area contributed by atoms with Crippen LogP contribution in [0, 0.1) is 0 Å². The van der Waals surface area contributed by atoms with Crippen molar-refractivity contribution < 1.29 is 14.5 Å². The van der Waals surface area contributed by atoms with E-state index in [2.05, 4.69) is 10.0 Å². The summed E-state index contributed by atoms with van der Waals surface area (Å²) in [4.78, 5) is 13.0. The Hall–Kier alpha value is -0.810. The molecule has 0 aromatic carbocycles. The summed E-state index contributed by atoms with van der Waals surface area (Å²) in [5.74, 6) is -0.611. The number of ether oxygens (including phenoxy) is 1. The Bertz CT molecular complexity index is 248. The van der Waals surface area contributed by atoms with E-state index in [1.807, 2.05) is 13.8 Å². The molecule has 1 rings (SSSR count). The fraction of sp³-hybridized carbons (Fsp3) is 1.00. The van der Waals surface area contributed by atoms with E-state index in [0.29, 0.717) is 13.0 Å². The predicted octanol–water partition coefficient (Wildman–Crippen LogP) is 2.94. The van der Waals surface area contributed by atoms with Gasteiger partial charge in [-0.1, -0.05) is 12.0 Å². The maximum atomic E-state index is 8.20. The van der Waals surface area contributed by atoms with Gasteiger partial charge in [0, 0.05) is 17.4 Å². The average Bonchev–Trinajstić information content (AvgIpc) is 2.26. The molecule has 0 bridgehead atoms. The summed E-state index contributed by atoms with van der Waals surface area (Å²) in [7, 11) is 0. The first-order valence-corrected chi connectivity index (χ1v) is 5.65. The van der Waals surface area contributed by atoms with Crippen molar-refractivity contribution in [2.75, 3.05) is 13.2 Å². The summed E-state index contributed by atoms with van der Waals surface area (Å²) < 4.78 is 5.49. The smallest absolute Gasteiger partial charge is 0.198 e. The highest BCUT2D eigenvalue weighted by atomic mass is 17.2. The van der Waals surface area contributed by atoms with Crippen LogP contribution < -0.4 is 0 Å². The molecule has 0 aliphatic carbocycles. The van der Waals surface area contributed by atoms with Crippen molar-refractivity contribution in [1.82, 2.24) is 0 Å². The third kappa shape index (κ3) is 4.81. The van der Waals surface area contributed by atoms with E-state index < -0.39 is 5.79 Å². The second kappa shape index (κ2) is 6.70. The molecule has 0 spiro atoms. The Balaban J connectivity index is 2.12. The van der Waals surface area contributed by atoms with Crippen molar-refractivity contribution in [1.29, 1.82) is 0 Å². The maximum Gasteiger partial charge on any atom is 0.198 e. The maximum absolute atomic E-state index is 8.20. The largest absolute Gasteiger partial charge is 0.348 e. The van der Waals surface area contributed by atoms with Crippen LogP contribution in [0.15, 0.2) is 5.11 Å². The normalized spacial score (nSPS) is 27.1. The molecule has 1 heterocycles. The number of hydrogen-bond donors (Lipinski definition) is 0. The summed E-state index contributed by atoms with van der Waals surface area (Å²) in [5.41, 5.74) is 8.20. The molecule has 2 unspecified atom stereocenters. The summed E-state index contributed by atoms with van der Waals surface area (Å²) in [5, 5.41) is 3.54. The van der Waals surface area contributed by atoms with Crippen LogP contribution in [0.1, 0.15) is 39.5 Å². The van der Waals surface area contributed by atoms with Crippen LogP contribution in [0.3, 0.4) is 0 Å². The molecule has 6 heteroatoms. The lowest BCUT2D eigenvalue weighted by molar-refractivity contribution is -0.430. The van der Waals surface area contributed by atoms with Gasteiger partial charge in [0.05, 0.1) is 13.2 Å². The fourth-order valence-electron chi connectivity index (χ4n) is 1.51. The van der Waals surface area contributed by atoms with Crippen LogP contribution in [0.25, 0.3) is 10.4 Å².